The molecule has 7 heteroatoms. The summed E-state index contributed by atoms with van der Waals surface area (Å²) < 4.78 is 14.8. The fraction of sp³-hybridized carbons (Fsp3) is 0.800. The van der Waals surface area contributed by atoms with Gasteiger partial charge in [0.1, 0.15) is 11.8 Å². The van der Waals surface area contributed by atoms with Crippen molar-refractivity contribution in [2.75, 3.05) is 26.7 Å². The first-order valence-electron chi connectivity index (χ1n) is 10.2. The van der Waals surface area contributed by atoms with E-state index < -0.39 is 0 Å². The molecule has 0 aromatic carbocycles. The van der Waals surface area contributed by atoms with Crippen LogP contribution in [0.3, 0.4) is 0 Å². The number of aliphatic hydroxyl groups is 1. The molecule has 0 amide bonds. The Morgan fingerprint density at radius 3 is 2.52 bits per heavy atom. The number of ether oxygens (including phenoxy) is 1. The molecule has 1 aromatic heterocycles. The first-order valence-corrected chi connectivity index (χ1v) is 11.0. The molecule has 0 saturated carbocycles. The number of aromatic nitrogens is 2. The number of hydrogen-bond donors (Lipinski definition) is 1. The zero-order valence-electron chi connectivity index (χ0n) is 16.9. The van der Waals surface area contributed by atoms with Gasteiger partial charge in [-0.25, -0.2) is 0 Å². The molecule has 27 heavy (non-hydrogen) atoms. The molecule has 0 aliphatic carbocycles. The van der Waals surface area contributed by atoms with Crippen LogP contribution in [0.15, 0.2) is 6.08 Å². The van der Waals surface area contributed by atoms with Crippen molar-refractivity contribution >= 4 is 29.7 Å². The lowest BCUT2D eigenvalue weighted by atomic mass is 10.1. The molecule has 2 heterocycles. The van der Waals surface area contributed by atoms with E-state index in [0.717, 1.165) is 38.0 Å². The van der Waals surface area contributed by atoms with E-state index in [2.05, 4.69) is 33.7 Å². The van der Waals surface area contributed by atoms with Gasteiger partial charge in [-0.3, -0.25) is 0 Å². The van der Waals surface area contributed by atoms with Gasteiger partial charge in [-0.2, -0.15) is 4.37 Å². The minimum atomic E-state index is -0.181. The van der Waals surface area contributed by atoms with Crippen molar-refractivity contribution in [3.05, 3.63) is 11.8 Å². The van der Waals surface area contributed by atoms with Crippen LogP contribution in [0.2, 0.25) is 0 Å². The summed E-state index contributed by atoms with van der Waals surface area (Å²) in [4.78, 5) is 2.28. The van der Waals surface area contributed by atoms with Gasteiger partial charge in [0.05, 0.1) is 18.3 Å². The lowest BCUT2D eigenvalue weighted by molar-refractivity contribution is 0.102. The predicted molar refractivity (Wildman–Crippen MR) is 116 cm³/mol. The van der Waals surface area contributed by atoms with Crippen molar-refractivity contribution in [3.63, 3.8) is 0 Å². The summed E-state index contributed by atoms with van der Waals surface area (Å²) >= 11 is 1.19. The third-order valence-corrected chi connectivity index (χ3v) is 5.48. The maximum absolute atomic E-state index is 9.68. The van der Waals surface area contributed by atoms with Crippen LogP contribution in [0.4, 0.5) is 0 Å². The van der Waals surface area contributed by atoms with Crippen LogP contribution < -0.4 is 4.74 Å². The van der Waals surface area contributed by atoms with E-state index in [1.54, 1.807) is 0 Å². The van der Waals surface area contributed by atoms with E-state index in [-0.39, 0.29) is 25.1 Å². The fourth-order valence-electron chi connectivity index (χ4n) is 3.37. The molecule has 156 valence electrons. The van der Waals surface area contributed by atoms with Crippen LogP contribution in [0.25, 0.3) is 5.57 Å². The minimum absolute atomic E-state index is 0. The topological polar surface area (TPSA) is 58.5 Å². The highest BCUT2D eigenvalue weighted by Crippen LogP contribution is 2.28. The highest BCUT2D eigenvalue weighted by molar-refractivity contribution is 6.99. The molecule has 0 radical (unpaired) electrons. The van der Waals surface area contributed by atoms with Gasteiger partial charge in [0.15, 0.2) is 0 Å². The molecular formula is C20H36ClN3O2S. The SMILES string of the molecule is CCCCCCCCCCC(CO)Oc1nsnc1C1=CCCN(C)C1.Cl. The Morgan fingerprint density at radius 2 is 1.85 bits per heavy atom. The molecule has 0 spiro atoms. The summed E-state index contributed by atoms with van der Waals surface area (Å²) in [5.74, 6) is 0.593. The van der Waals surface area contributed by atoms with Gasteiger partial charge >= 0.3 is 0 Å². The van der Waals surface area contributed by atoms with Gasteiger partial charge in [-0.15, -0.1) is 16.8 Å². The third kappa shape index (κ3) is 8.90. The summed E-state index contributed by atoms with van der Waals surface area (Å²) in [5, 5.41) is 9.68. The van der Waals surface area contributed by atoms with Gasteiger partial charge in [0.25, 0.3) is 5.88 Å². The molecule has 5 nitrogen and oxygen atoms in total. The summed E-state index contributed by atoms with van der Waals surface area (Å²) in [6.07, 6.45) is 14.3. The Balaban J connectivity index is 0.00000364. The largest absolute Gasteiger partial charge is 0.470 e. The van der Waals surface area contributed by atoms with Crippen LogP contribution in [0.1, 0.15) is 76.8 Å². The smallest absolute Gasteiger partial charge is 0.254 e. The fourth-order valence-corrected chi connectivity index (χ4v) is 3.89. The number of nitrogens with zero attached hydrogens (tertiary/aromatic N) is 3. The Bertz CT molecular complexity index is 539. The van der Waals surface area contributed by atoms with E-state index in [1.165, 1.54) is 62.2 Å². The Morgan fingerprint density at radius 1 is 1.15 bits per heavy atom. The molecule has 0 bridgehead atoms. The summed E-state index contributed by atoms with van der Waals surface area (Å²) in [6, 6.07) is 0. The number of hydrogen-bond acceptors (Lipinski definition) is 6. The Labute approximate surface area is 174 Å². The molecule has 0 fully saturated rings. The molecule has 1 N–H and O–H groups in total. The van der Waals surface area contributed by atoms with Crippen molar-refractivity contribution in [2.45, 2.75) is 77.2 Å². The van der Waals surface area contributed by atoms with Gasteiger partial charge < -0.3 is 14.7 Å². The first-order chi connectivity index (χ1) is 12.7. The highest BCUT2D eigenvalue weighted by Gasteiger charge is 2.21. The highest BCUT2D eigenvalue weighted by atomic mass is 35.5. The van der Waals surface area contributed by atoms with Crippen molar-refractivity contribution in [1.82, 2.24) is 13.6 Å². The van der Waals surface area contributed by atoms with Crippen LogP contribution >= 0.6 is 24.1 Å². The maximum Gasteiger partial charge on any atom is 0.254 e. The normalized spacial score (nSPS) is 15.9. The lowest BCUT2D eigenvalue weighted by Gasteiger charge is -2.22. The standard InChI is InChI=1S/C20H35N3O2S.ClH/c1-3-4-5-6-7-8-9-10-13-18(16-24)25-20-19(21-26-22-20)17-12-11-14-23(2)15-17;/h12,18,24H,3-11,13-16H2,1-2H3;1H. The number of rotatable bonds is 13. The average molecular weight is 418 g/mol. The predicted octanol–water partition coefficient (Wildman–Crippen LogP) is 4.95. The second kappa shape index (κ2) is 14.3. The number of halogens is 1. The number of aliphatic hydroxyl groups excluding tert-OH is 1. The van der Waals surface area contributed by atoms with Crippen LogP contribution in [-0.4, -0.2) is 51.6 Å². The molecule has 1 atom stereocenters. The van der Waals surface area contributed by atoms with E-state index in [1.807, 2.05) is 0 Å². The van der Waals surface area contributed by atoms with Crippen LogP contribution in [-0.2, 0) is 0 Å². The van der Waals surface area contributed by atoms with Gasteiger partial charge in [-0.05, 0) is 31.9 Å². The van der Waals surface area contributed by atoms with Crippen LogP contribution in [0.5, 0.6) is 5.88 Å². The van der Waals surface area contributed by atoms with Crippen molar-refractivity contribution in [3.8, 4) is 5.88 Å². The van der Waals surface area contributed by atoms with Gasteiger partial charge in [0.2, 0.25) is 0 Å². The van der Waals surface area contributed by atoms with E-state index in [0.29, 0.717) is 5.88 Å². The Kier molecular flexibility index (Phi) is 12.9. The summed E-state index contributed by atoms with van der Waals surface area (Å²) in [6.45, 7) is 4.24. The van der Waals surface area contributed by atoms with Crippen molar-refractivity contribution in [2.24, 2.45) is 0 Å². The van der Waals surface area contributed by atoms with Crippen molar-refractivity contribution < 1.29 is 9.84 Å². The van der Waals surface area contributed by atoms with Gasteiger partial charge in [-0.1, -0.05) is 57.9 Å². The molecular weight excluding hydrogens is 382 g/mol. The molecule has 1 unspecified atom stereocenters. The number of unbranched alkanes of at least 4 members (excludes halogenated alkanes) is 7. The summed E-state index contributed by atoms with van der Waals surface area (Å²) in [7, 11) is 2.12. The van der Waals surface area contributed by atoms with E-state index in [4.69, 9.17) is 4.74 Å². The molecule has 1 aromatic rings. The van der Waals surface area contributed by atoms with E-state index in [9.17, 15) is 5.11 Å². The second-order valence-electron chi connectivity index (χ2n) is 7.36. The molecule has 2 rings (SSSR count). The molecule has 1 aliphatic heterocycles. The average Bonchev–Trinajstić information content (AvgIpc) is 3.11. The zero-order valence-corrected chi connectivity index (χ0v) is 18.5. The van der Waals surface area contributed by atoms with Crippen LogP contribution in [0, 0.1) is 0 Å². The first kappa shape index (κ1) is 24.3. The summed E-state index contributed by atoms with van der Waals surface area (Å²) in [5.41, 5.74) is 2.04. The second-order valence-corrected chi connectivity index (χ2v) is 7.89. The monoisotopic (exact) mass is 417 g/mol. The minimum Gasteiger partial charge on any atom is -0.470 e. The molecule has 1 aliphatic rings. The third-order valence-electron chi connectivity index (χ3n) is 4.97. The zero-order chi connectivity index (χ0) is 18.6. The van der Waals surface area contributed by atoms with Gasteiger partial charge in [0, 0.05) is 13.1 Å². The molecule has 0 saturated heterocycles. The van der Waals surface area contributed by atoms with Crippen molar-refractivity contribution in [1.29, 1.82) is 0 Å². The van der Waals surface area contributed by atoms with E-state index >= 15 is 0 Å². The lowest BCUT2D eigenvalue weighted by Crippen LogP contribution is -2.26. The quantitative estimate of drug-likeness (QED) is 0.460. The Hall–Kier alpha value is -0.690. The maximum atomic E-state index is 9.68. The number of likely N-dealkylation sites (N-methyl/N-ethyl adjacent to an activating group) is 1.